The van der Waals surface area contributed by atoms with Gasteiger partial charge in [0.05, 0.1) is 11.8 Å². The molecule has 0 fully saturated rings. The molecule has 0 aliphatic rings. The standard InChI is InChI=1S/C15H28N2O/c1-6-12-11-13(17(7-2)16-12)9-8-10-14(18)15(3,4)5/h11,14,18H,6-10H2,1-5H3. The van der Waals surface area contributed by atoms with Crippen molar-refractivity contribution in [3.05, 3.63) is 17.5 Å². The smallest absolute Gasteiger partial charge is 0.0624 e. The molecule has 0 bridgehead atoms. The number of hydrogen-bond acceptors (Lipinski definition) is 2. The highest BCUT2D eigenvalue weighted by Crippen LogP contribution is 2.23. The summed E-state index contributed by atoms with van der Waals surface area (Å²) in [6, 6.07) is 2.20. The molecule has 0 aliphatic carbocycles. The maximum Gasteiger partial charge on any atom is 0.0624 e. The topological polar surface area (TPSA) is 38.0 Å². The van der Waals surface area contributed by atoms with Crippen LogP contribution in [-0.4, -0.2) is 21.0 Å². The Hall–Kier alpha value is -0.830. The molecule has 1 aromatic rings. The van der Waals surface area contributed by atoms with Crippen LogP contribution in [0, 0.1) is 5.41 Å². The third kappa shape index (κ3) is 4.13. The number of aryl methyl sites for hydroxylation is 3. The van der Waals surface area contributed by atoms with E-state index < -0.39 is 0 Å². The van der Waals surface area contributed by atoms with Gasteiger partial charge in [-0.15, -0.1) is 0 Å². The third-order valence-electron chi connectivity index (χ3n) is 3.49. The lowest BCUT2D eigenvalue weighted by atomic mass is 9.86. The van der Waals surface area contributed by atoms with Crippen LogP contribution in [-0.2, 0) is 19.4 Å². The summed E-state index contributed by atoms with van der Waals surface area (Å²) in [5.41, 5.74) is 2.46. The first-order valence-corrected chi connectivity index (χ1v) is 7.12. The summed E-state index contributed by atoms with van der Waals surface area (Å²) < 4.78 is 2.09. The van der Waals surface area contributed by atoms with E-state index in [0.29, 0.717) is 0 Å². The van der Waals surface area contributed by atoms with Crippen molar-refractivity contribution < 1.29 is 5.11 Å². The SMILES string of the molecule is CCc1cc(CCCC(O)C(C)(C)C)n(CC)n1. The van der Waals surface area contributed by atoms with Gasteiger partial charge in [-0.2, -0.15) is 5.10 Å². The van der Waals surface area contributed by atoms with Crippen LogP contribution in [0.25, 0.3) is 0 Å². The number of aliphatic hydroxyl groups excluding tert-OH is 1. The predicted octanol–water partition coefficient (Wildman–Crippen LogP) is 3.20. The third-order valence-corrected chi connectivity index (χ3v) is 3.49. The fourth-order valence-corrected chi connectivity index (χ4v) is 2.07. The first-order chi connectivity index (χ1) is 8.38. The number of aliphatic hydroxyl groups is 1. The van der Waals surface area contributed by atoms with Crippen molar-refractivity contribution >= 4 is 0 Å². The summed E-state index contributed by atoms with van der Waals surface area (Å²) in [6.07, 6.45) is 3.66. The van der Waals surface area contributed by atoms with Gasteiger partial charge in [-0.05, 0) is 44.1 Å². The average molecular weight is 252 g/mol. The van der Waals surface area contributed by atoms with E-state index >= 15 is 0 Å². The van der Waals surface area contributed by atoms with E-state index in [-0.39, 0.29) is 11.5 Å². The van der Waals surface area contributed by atoms with Crippen LogP contribution in [0.3, 0.4) is 0 Å². The fourth-order valence-electron chi connectivity index (χ4n) is 2.07. The number of hydrogen-bond donors (Lipinski definition) is 1. The Balaban J connectivity index is 2.51. The molecule has 0 radical (unpaired) electrons. The highest BCUT2D eigenvalue weighted by atomic mass is 16.3. The van der Waals surface area contributed by atoms with Gasteiger partial charge in [-0.1, -0.05) is 27.7 Å². The molecule has 0 saturated carbocycles. The van der Waals surface area contributed by atoms with Crippen LogP contribution in [0.5, 0.6) is 0 Å². The van der Waals surface area contributed by atoms with Gasteiger partial charge in [0, 0.05) is 12.2 Å². The lowest BCUT2D eigenvalue weighted by molar-refractivity contribution is 0.0539. The molecular formula is C15H28N2O. The number of aromatic nitrogens is 2. The van der Waals surface area contributed by atoms with Gasteiger partial charge in [0.2, 0.25) is 0 Å². The molecule has 1 N–H and O–H groups in total. The molecule has 0 spiro atoms. The van der Waals surface area contributed by atoms with Crippen LogP contribution >= 0.6 is 0 Å². The summed E-state index contributed by atoms with van der Waals surface area (Å²) in [7, 11) is 0. The van der Waals surface area contributed by atoms with E-state index in [2.05, 4.69) is 50.5 Å². The Labute approximate surface area is 111 Å². The predicted molar refractivity (Wildman–Crippen MR) is 75.7 cm³/mol. The number of nitrogens with zero attached hydrogens (tertiary/aromatic N) is 2. The monoisotopic (exact) mass is 252 g/mol. The van der Waals surface area contributed by atoms with Gasteiger partial charge in [0.25, 0.3) is 0 Å². The normalized spacial score (nSPS) is 13.9. The Kier molecular flexibility index (Phi) is 5.39. The summed E-state index contributed by atoms with van der Waals surface area (Å²) >= 11 is 0. The lowest BCUT2D eigenvalue weighted by Gasteiger charge is -2.25. The number of rotatable bonds is 6. The molecule has 3 nitrogen and oxygen atoms in total. The molecule has 1 rings (SSSR count). The van der Waals surface area contributed by atoms with Gasteiger partial charge in [-0.25, -0.2) is 0 Å². The van der Waals surface area contributed by atoms with Crippen LogP contribution in [0.4, 0.5) is 0 Å². The molecule has 0 saturated heterocycles. The minimum Gasteiger partial charge on any atom is -0.393 e. The fraction of sp³-hybridized carbons (Fsp3) is 0.800. The highest BCUT2D eigenvalue weighted by molar-refractivity contribution is 5.10. The van der Waals surface area contributed by atoms with Gasteiger partial charge in [0.1, 0.15) is 0 Å². The van der Waals surface area contributed by atoms with Crippen molar-refractivity contribution in [1.82, 2.24) is 9.78 Å². The Morgan fingerprint density at radius 1 is 1.33 bits per heavy atom. The second-order valence-corrected chi connectivity index (χ2v) is 6.07. The molecule has 1 heterocycles. The zero-order chi connectivity index (χ0) is 13.8. The molecule has 3 heteroatoms. The Morgan fingerprint density at radius 3 is 2.50 bits per heavy atom. The molecule has 18 heavy (non-hydrogen) atoms. The van der Waals surface area contributed by atoms with E-state index in [1.54, 1.807) is 0 Å². The van der Waals surface area contributed by atoms with Gasteiger partial charge in [0.15, 0.2) is 0 Å². The van der Waals surface area contributed by atoms with Gasteiger partial charge >= 0.3 is 0 Å². The molecule has 1 unspecified atom stereocenters. The lowest BCUT2D eigenvalue weighted by Crippen LogP contribution is -2.25. The Morgan fingerprint density at radius 2 is 2.00 bits per heavy atom. The maximum atomic E-state index is 10.0. The Bertz CT molecular complexity index is 363. The average Bonchev–Trinajstić information content (AvgIpc) is 2.70. The van der Waals surface area contributed by atoms with Crippen LogP contribution < -0.4 is 0 Å². The van der Waals surface area contributed by atoms with Gasteiger partial charge < -0.3 is 5.11 Å². The summed E-state index contributed by atoms with van der Waals surface area (Å²) in [5, 5.41) is 14.6. The van der Waals surface area contributed by atoms with E-state index in [4.69, 9.17) is 0 Å². The summed E-state index contributed by atoms with van der Waals surface area (Å²) in [6.45, 7) is 11.4. The van der Waals surface area contributed by atoms with Crippen molar-refractivity contribution in [2.45, 2.75) is 73.0 Å². The maximum absolute atomic E-state index is 10.0. The van der Waals surface area contributed by atoms with Crippen molar-refractivity contribution in [3.63, 3.8) is 0 Å². The highest BCUT2D eigenvalue weighted by Gasteiger charge is 2.21. The van der Waals surface area contributed by atoms with Crippen molar-refractivity contribution in [2.75, 3.05) is 0 Å². The van der Waals surface area contributed by atoms with Crippen LogP contribution in [0.1, 0.15) is 58.8 Å². The molecule has 1 atom stereocenters. The largest absolute Gasteiger partial charge is 0.393 e. The zero-order valence-electron chi connectivity index (χ0n) is 12.5. The quantitative estimate of drug-likeness (QED) is 0.844. The first kappa shape index (κ1) is 15.2. The molecular weight excluding hydrogens is 224 g/mol. The van der Waals surface area contributed by atoms with Crippen LogP contribution in [0.2, 0.25) is 0 Å². The molecule has 1 aromatic heterocycles. The summed E-state index contributed by atoms with van der Waals surface area (Å²) in [4.78, 5) is 0. The van der Waals surface area contributed by atoms with Gasteiger partial charge in [-0.3, -0.25) is 4.68 Å². The van der Waals surface area contributed by atoms with Crippen molar-refractivity contribution in [3.8, 4) is 0 Å². The van der Waals surface area contributed by atoms with E-state index in [9.17, 15) is 5.11 Å². The molecule has 0 aliphatic heterocycles. The minimum atomic E-state index is -0.221. The second kappa shape index (κ2) is 6.37. The molecule has 104 valence electrons. The van der Waals surface area contributed by atoms with Crippen molar-refractivity contribution in [2.24, 2.45) is 5.41 Å². The molecule has 0 amide bonds. The zero-order valence-corrected chi connectivity index (χ0v) is 12.5. The van der Waals surface area contributed by atoms with E-state index in [1.165, 1.54) is 11.4 Å². The van der Waals surface area contributed by atoms with Crippen molar-refractivity contribution in [1.29, 1.82) is 0 Å². The summed E-state index contributed by atoms with van der Waals surface area (Å²) in [5.74, 6) is 0. The van der Waals surface area contributed by atoms with E-state index in [0.717, 1.165) is 32.2 Å². The first-order valence-electron chi connectivity index (χ1n) is 7.12. The van der Waals surface area contributed by atoms with Crippen LogP contribution in [0.15, 0.2) is 6.07 Å². The second-order valence-electron chi connectivity index (χ2n) is 6.07. The molecule has 0 aromatic carbocycles. The van der Waals surface area contributed by atoms with E-state index in [1.807, 2.05) is 0 Å². The minimum absolute atomic E-state index is 0.0143.